The number of hydrogen-bond acceptors (Lipinski definition) is 2. The molecule has 1 saturated heterocycles. The van der Waals surface area contributed by atoms with E-state index in [1.165, 1.54) is 0 Å². The van der Waals surface area contributed by atoms with Crippen LogP contribution in [0.25, 0.3) is 0 Å². The number of alkyl halides is 1. The van der Waals surface area contributed by atoms with Crippen LogP contribution in [0.1, 0.15) is 6.42 Å². The molecule has 1 N–H and O–H groups in total. The SMILES string of the molecule is COCC1C[C@@H](F)CN1. The van der Waals surface area contributed by atoms with Gasteiger partial charge in [0.05, 0.1) is 6.61 Å². The van der Waals surface area contributed by atoms with Crippen molar-refractivity contribution in [2.75, 3.05) is 20.3 Å². The summed E-state index contributed by atoms with van der Waals surface area (Å²) in [6.07, 6.45) is -0.0569. The summed E-state index contributed by atoms with van der Waals surface area (Å²) in [7, 11) is 1.63. The van der Waals surface area contributed by atoms with E-state index in [0.717, 1.165) is 0 Å². The van der Waals surface area contributed by atoms with Gasteiger partial charge in [-0.2, -0.15) is 0 Å². The highest BCUT2D eigenvalue weighted by molar-refractivity contribution is 4.80. The average Bonchev–Trinajstić information content (AvgIpc) is 2.17. The Kier molecular flexibility index (Phi) is 2.42. The molecule has 1 fully saturated rings. The van der Waals surface area contributed by atoms with E-state index in [2.05, 4.69) is 5.32 Å². The topological polar surface area (TPSA) is 21.3 Å². The number of methoxy groups -OCH3 is 1. The fourth-order valence-corrected chi connectivity index (χ4v) is 1.10. The van der Waals surface area contributed by atoms with Crippen LogP contribution in [0.5, 0.6) is 0 Å². The molecule has 1 aliphatic rings. The molecule has 0 aromatic rings. The minimum absolute atomic E-state index is 0.241. The molecular weight excluding hydrogens is 121 g/mol. The van der Waals surface area contributed by atoms with Crippen LogP contribution < -0.4 is 5.32 Å². The number of halogens is 1. The van der Waals surface area contributed by atoms with Crippen molar-refractivity contribution in [2.45, 2.75) is 18.6 Å². The van der Waals surface area contributed by atoms with E-state index in [-0.39, 0.29) is 6.04 Å². The van der Waals surface area contributed by atoms with Gasteiger partial charge >= 0.3 is 0 Å². The maximum atomic E-state index is 12.4. The molecule has 1 aliphatic heterocycles. The second kappa shape index (κ2) is 3.13. The first-order chi connectivity index (χ1) is 4.33. The number of rotatable bonds is 2. The highest BCUT2D eigenvalue weighted by atomic mass is 19.1. The van der Waals surface area contributed by atoms with E-state index in [4.69, 9.17) is 4.74 Å². The molecule has 0 saturated carbocycles. The molecule has 3 heteroatoms. The van der Waals surface area contributed by atoms with Gasteiger partial charge in [-0.05, 0) is 6.42 Å². The Morgan fingerprint density at radius 3 is 3.00 bits per heavy atom. The van der Waals surface area contributed by atoms with E-state index < -0.39 is 6.17 Å². The van der Waals surface area contributed by atoms with Gasteiger partial charge < -0.3 is 10.1 Å². The van der Waals surface area contributed by atoms with Crippen LogP contribution in [-0.2, 0) is 4.74 Å². The highest BCUT2D eigenvalue weighted by Crippen LogP contribution is 2.09. The highest BCUT2D eigenvalue weighted by Gasteiger charge is 2.22. The van der Waals surface area contributed by atoms with Crippen LogP contribution in [0.3, 0.4) is 0 Å². The quantitative estimate of drug-likeness (QED) is 0.586. The van der Waals surface area contributed by atoms with Crippen molar-refractivity contribution in [3.63, 3.8) is 0 Å². The van der Waals surface area contributed by atoms with Gasteiger partial charge in [-0.3, -0.25) is 0 Å². The van der Waals surface area contributed by atoms with E-state index in [9.17, 15) is 4.39 Å². The van der Waals surface area contributed by atoms with Crippen molar-refractivity contribution in [3.8, 4) is 0 Å². The van der Waals surface area contributed by atoms with Gasteiger partial charge in [0.2, 0.25) is 0 Å². The molecule has 0 bridgehead atoms. The molecule has 0 radical (unpaired) electrons. The Bertz CT molecular complexity index is 87.1. The summed E-state index contributed by atoms with van der Waals surface area (Å²) in [5.41, 5.74) is 0. The van der Waals surface area contributed by atoms with Crippen LogP contribution >= 0.6 is 0 Å². The summed E-state index contributed by atoms with van der Waals surface area (Å²) in [6.45, 7) is 1.12. The van der Waals surface area contributed by atoms with E-state index in [0.29, 0.717) is 19.6 Å². The maximum Gasteiger partial charge on any atom is 0.114 e. The van der Waals surface area contributed by atoms with Crippen molar-refractivity contribution in [1.29, 1.82) is 0 Å². The smallest absolute Gasteiger partial charge is 0.114 e. The molecule has 0 aliphatic carbocycles. The van der Waals surface area contributed by atoms with Crippen LogP contribution in [-0.4, -0.2) is 32.5 Å². The Morgan fingerprint density at radius 1 is 1.78 bits per heavy atom. The predicted molar refractivity (Wildman–Crippen MR) is 33.2 cm³/mol. The van der Waals surface area contributed by atoms with Crippen molar-refractivity contribution >= 4 is 0 Å². The molecule has 1 heterocycles. The number of ether oxygens (including phenoxy) is 1. The molecule has 1 unspecified atom stereocenters. The van der Waals surface area contributed by atoms with Gasteiger partial charge in [0, 0.05) is 19.7 Å². The van der Waals surface area contributed by atoms with Crippen molar-refractivity contribution in [3.05, 3.63) is 0 Å². The normalized spacial score (nSPS) is 35.3. The molecular formula is C6H12FNO. The van der Waals surface area contributed by atoms with Crippen LogP contribution in [0.4, 0.5) is 4.39 Å². The van der Waals surface area contributed by atoms with Gasteiger partial charge in [-0.25, -0.2) is 4.39 Å². The van der Waals surface area contributed by atoms with Crippen molar-refractivity contribution in [2.24, 2.45) is 0 Å². The van der Waals surface area contributed by atoms with Gasteiger partial charge in [-0.15, -0.1) is 0 Å². The molecule has 0 amide bonds. The summed E-state index contributed by atoms with van der Waals surface area (Å²) >= 11 is 0. The summed E-state index contributed by atoms with van der Waals surface area (Å²) in [5.74, 6) is 0. The van der Waals surface area contributed by atoms with Gasteiger partial charge in [0.1, 0.15) is 6.17 Å². The molecule has 54 valence electrons. The molecule has 0 aromatic heterocycles. The maximum absolute atomic E-state index is 12.4. The number of hydrogen-bond donors (Lipinski definition) is 1. The molecule has 0 spiro atoms. The summed E-state index contributed by atoms with van der Waals surface area (Å²) in [6, 6.07) is 0.241. The van der Waals surface area contributed by atoms with Gasteiger partial charge in [0.25, 0.3) is 0 Å². The fourth-order valence-electron chi connectivity index (χ4n) is 1.10. The lowest BCUT2D eigenvalue weighted by atomic mass is 10.2. The second-order valence-corrected chi connectivity index (χ2v) is 2.39. The molecule has 9 heavy (non-hydrogen) atoms. The van der Waals surface area contributed by atoms with Crippen LogP contribution in [0.15, 0.2) is 0 Å². The third kappa shape index (κ3) is 1.91. The van der Waals surface area contributed by atoms with E-state index in [1.54, 1.807) is 7.11 Å². The van der Waals surface area contributed by atoms with Gasteiger partial charge in [0.15, 0.2) is 0 Å². The van der Waals surface area contributed by atoms with Crippen molar-refractivity contribution < 1.29 is 9.13 Å². The zero-order valence-corrected chi connectivity index (χ0v) is 5.56. The molecule has 0 aromatic carbocycles. The molecule has 1 rings (SSSR count). The van der Waals surface area contributed by atoms with Crippen molar-refractivity contribution in [1.82, 2.24) is 5.32 Å². The fraction of sp³-hybridized carbons (Fsp3) is 1.00. The average molecular weight is 133 g/mol. The third-order valence-electron chi connectivity index (χ3n) is 1.54. The van der Waals surface area contributed by atoms with Crippen LogP contribution in [0.2, 0.25) is 0 Å². The zero-order chi connectivity index (χ0) is 6.69. The predicted octanol–water partition coefficient (Wildman–Crippen LogP) is 0.333. The van der Waals surface area contributed by atoms with E-state index >= 15 is 0 Å². The Balaban J connectivity index is 2.14. The van der Waals surface area contributed by atoms with Gasteiger partial charge in [-0.1, -0.05) is 0 Å². The summed E-state index contributed by atoms with van der Waals surface area (Å²) in [4.78, 5) is 0. The zero-order valence-electron chi connectivity index (χ0n) is 5.56. The lowest BCUT2D eigenvalue weighted by Gasteiger charge is -2.05. The first-order valence-corrected chi connectivity index (χ1v) is 3.19. The van der Waals surface area contributed by atoms with Crippen LogP contribution in [0, 0.1) is 0 Å². The lowest BCUT2D eigenvalue weighted by molar-refractivity contribution is 0.171. The summed E-state index contributed by atoms with van der Waals surface area (Å²) < 4.78 is 17.2. The standard InChI is InChI=1S/C6H12FNO/c1-9-4-6-2-5(7)3-8-6/h5-6,8H,2-4H2,1H3/t5-,6?/m1/s1. The minimum atomic E-state index is -0.662. The largest absolute Gasteiger partial charge is 0.383 e. The lowest BCUT2D eigenvalue weighted by Crippen LogP contribution is -2.25. The minimum Gasteiger partial charge on any atom is -0.383 e. The molecule has 2 nitrogen and oxygen atoms in total. The first kappa shape index (κ1) is 6.96. The monoisotopic (exact) mass is 133 g/mol. The Hall–Kier alpha value is -0.150. The second-order valence-electron chi connectivity index (χ2n) is 2.39. The van der Waals surface area contributed by atoms with E-state index in [1.807, 2.05) is 0 Å². The molecule has 2 atom stereocenters. The number of nitrogens with one attached hydrogen (secondary N) is 1. The Morgan fingerprint density at radius 2 is 2.56 bits per heavy atom. The third-order valence-corrected chi connectivity index (χ3v) is 1.54. The first-order valence-electron chi connectivity index (χ1n) is 3.19. The summed E-state index contributed by atoms with van der Waals surface area (Å²) in [5, 5.41) is 3.01. The Labute approximate surface area is 54.4 Å².